The second-order valence-electron chi connectivity index (χ2n) is 8.86. The van der Waals surface area contributed by atoms with Crippen LogP contribution in [-0.4, -0.2) is 54.4 Å². The molecule has 1 unspecified atom stereocenters. The van der Waals surface area contributed by atoms with Gasteiger partial charge < -0.3 is 19.9 Å². The summed E-state index contributed by atoms with van der Waals surface area (Å²) in [7, 11) is 3.93. The van der Waals surface area contributed by atoms with Crippen molar-refractivity contribution >= 4 is 28.8 Å². The first-order chi connectivity index (χ1) is 16.8. The van der Waals surface area contributed by atoms with Gasteiger partial charge in [0.1, 0.15) is 23.1 Å². The quantitative estimate of drug-likeness (QED) is 0.494. The molecule has 0 spiro atoms. The van der Waals surface area contributed by atoms with Crippen LogP contribution < -0.4 is 25.4 Å². The van der Waals surface area contributed by atoms with Crippen molar-refractivity contribution in [3.8, 4) is 17.1 Å². The molecule has 0 aliphatic carbocycles. The lowest BCUT2D eigenvalue weighted by molar-refractivity contribution is 0.340. The van der Waals surface area contributed by atoms with Crippen molar-refractivity contribution in [2.24, 2.45) is 0 Å². The minimum atomic E-state index is -0.0855. The van der Waals surface area contributed by atoms with Gasteiger partial charge in [-0.1, -0.05) is 11.6 Å². The van der Waals surface area contributed by atoms with E-state index in [-0.39, 0.29) is 11.6 Å². The first-order valence-corrected chi connectivity index (χ1v) is 12.4. The number of ether oxygens (including phenoxy) is 1. The van der Waals surface area contributed by atoms with Crippen LogP contribution in [0.5, 0.6) is 5.75 Å². The van der Waals surface area contributed by atoms with Crippen molar-refractivity contribution in [1.82, 2.24) is 14.5 Å². The lowest BCUT2D eigenvalue weighted by Crippen LogP contribution is -2.32. The maximum absolute atomic E-state index is 13.5. The Bertz CT molecular complexity index is 1260. The van der Waals surface area contributed by atoms with Crippen molar-refractivity contribution in [3.05, 3.63) is 57.6 Å². The van der Waals surface area contributed by atoms with Gasteiger partial charge in [0, 0.05) is 63.3 Å². The van der Waals surface area contributed by atoms with Gasteiger partial charge in [-0.05, 0) is 51.5 Å². The maximum Gasteiger partial charge on any atom is 0.277 e. The minimum Gasteiger partial charge on any atom is -0.494 e. The van der Waals surface area contributed by atoms with Crippen LogP contribution in [0.2, 0.25) is 5.02 Å². The minimum absolute atomic E-state index is 0.0855. The molecule has 1 aliphatic rings. The summed E-state index contributed by atoms with van der Waals surface area (Å²) in [6, 6.07) is 9.74. The maximum atomic E-state index is 13.5. The van der Waals surface area contributed by atoms with E-state index in [9.17, 15) is 4.79 Å². The van der Waals surface area contributed by atoms with Crippen molar-refractivity contribution < 1.29 is 4.74 Å². The average Bonchev–Trinajstić information content (AvgIpc) is 3.30. The van der Waals surface area contributed by atoms with Crippen LogP contribution in [0.3, 0.4) is 0 Å². The monoisotopic (exact) mass is 496 g/mol. The SMILES string of the molecule is CCOc1ccnc(N2CCC(Nc3c(C)nc(-c4ccc(N(C)C)cc4Cl)n(CC)c3=O)C2)c1. The van der Waals surface area contributed by atoms with Crippen LogP contribution >= 0.6 is 11.6 Å². The number of hydrogen-bond acceptors (Lipinski definition) is 7. The summed E-state index contributed by atoms with van der Waals surface area (Å²) in [4.78, 5) is 27.0. The number of benzene rings is 1. The van der Waals surface area contributed by atoms with Crippen molar-refractivity contribution in [3.63, 3.8) is 0 Å². The highest BCUT2D eigenvalue weighted by Gasteiger charge is 2.26. The number of rotatable bonds is 8. The molecule has 0 amide bonds. The molecule has 2 aromatic heterocycles. The van der Waals surface area contributed by atoms with Gasteiger partial charge in [0.05, 0.1) is 17.3 Å². The van der Waals surface area contributed by atoms with Crippen LogP contribution in [0.1, 0.15) is 26.0 Å². The lowest BCUT2D eigenvalue weighted by Gasteiger charge is -2.21. The van der Waals surface area contributed by atoms with Gasteiger partial charge in [-0.25, -0.2) is 9.97 Å². The van der Waals surface area contributed by atoms with E-state index < -0.39 is 0 Å². The predicted molar refractivity (Wildman–Crippen MR) is 143 cm³/mol. The molecule has 4 rings (SSSR count). The predicted octanol–water partition coefficient (Wildman–Crippen LogP) is 4.44. The Balaban J connectivity index is 1.58. The summed E-state index contributed by atoms with van der Waals surface area (Å²) in [6.07, 6.45) is 2.66. The van der Waals surface area contributed by atoms with Crippen LogP contribution in [-0.2, 0) is 6.54 Å². The number of hydrogen-bond donors (Lipinski definition) is 1. The Morgan fingerprint density at radius 3 is 2.71 bits per heavy atom. The second-order valence-corrected chi connectivity index (χ2v) is 9.27. The number of pyridine rings is 1. The number of nitrogens with one attached hydrogen (secondary N) is 1. The molecule has 35 heavy (non-hydrogen) atoms. The summed E-state index contributed by atoms with van der Waals surface area (Å²) >= 11 is 6.61. The summed E-state index contributed by atoms with van der Waals surface area (Å²) in [5.74, 6) is 2.28. The van der Waals surface area contributed by atoms with E-state index in [0.29, 0.717) is 35.4 Å². The zero-order valence-electron chi connectivity index (χ0n) is 21.0. The summed E-state index contributed by atoms with van der Waals surface area (Å²) < 4.78 is 7.30. The van der Waals surface area contributed by atoms with Crippen molar-refractivity contribution in [2.45, 2.75) is 39.8 Å². The molecule has 1 saturated heterocycles. The van der Waals surface area contributed by atoms with Gasteiger partial charge >= 0.3 is 0 Å². The first-order valence-electron chi connectivity index (χ1n) is 12.0. The van der Waals surface area contributed by atoms with E-state index in [4.69, 9.17) is 21.3 Å². The molecule has 3 aromatic rings. The topological polar surface area (TPSA) is 75.5 Å². The third-order valence-electron chi connectivity index (χ3n) is 6.26. The van der Waals surface area contributed by atoms with Gasteiger partial charge in [0.2, 0.25) is 0 Å². The molecular formula is C26H33ClN6O2. The molecule has 1 aliphatic heterocycles. The zero-order chi connectivity index (χ0) is 25.1. The van der Waals surface area contributed by atoms with E-state index in [2.05, 4.69) is 15.2 Å². The Morgan fingerprint density at radius 2 is 2.03 bits per heavy atom. The van der Waals surface area contributed by atoms with E-state index >= 15 is 0 Å². The van der Waals surface area contributed by atoms with Crippen LogP contribution in [0.15, 0.2) is 41.3 Å². The lowest BCUT2D eigenvalue weighted by atomic mass is 10.1. The first kappa shape index (κ1) is 24.9. The second kappa shape index (κ2) is 10.6. The largest absolute Gasteiger partial charge is 0.494 e. The third kappa shape index (κ3) is 5.22. The Hall–Kier alpha value is -3.26. The fourth-order valence-corrected chi connectivity index (χ4v) is 4.67. The van der Waals surface area contributed by atoms with Gasteiger partial charge in [-0.15, -0.1) is 0 Å². The highest BCUT2D eigenvalue weighted by molar-refractivity contribution is 6.33. The number of nitrogens with zero attached hydrogens (tertiary/aromatic N) is 5. The van der Waals surface area contributed by atoms with E-state index in [1.165, 1.54) is 0 Å². The molecule has 9 heteroatoms. The zero-order valence-corrected chi connectivity index (χ0v) is 21.8. The summed E-state index contributed by atoms with van der Waals surface area (Å²) in [5, 5.41) is 4.04. The number of aryl methyl sites for hydroxylation is 1. The molecule has 0 bridgehead atoms. The Kier molecular flexibility index (Phi) is 7.50. The van der Waals surface area contributed by atoms with E-state index in [1.807, 2.05) is 70.1 Å². The van der Waals surface area contributed by atoms with Crippen LogP contribution in [0.4, 0.5) is 17.2 Å². The smallest absolute Gasteiger partial charge is 0.277 e. The fourth-order valence-electron chi connectivity index (χ4n) is 4.41. The molecule has 8 nitrogen and oxygen atoms in total. The number of aromatic nitrogens is 3. The average molecular weight is 497 g/mol. The fraction of sp³-hybridized carbons (Fsp3) is 0.423. The van der Waals surface area contributed by atoms with Crippen LogP contribution in [0.25, 0.3) is 11.4 Å². The molecule has 3 heterocycles. The molecule has 1 aromatic carbocycles. The van der Waals surface area contributed by atoms with E-state index in [1.54, 1.807) is 10.8 Å². The number of halogens is 1. The third-order valence-corrected chi connectivity index (χ3v) is 6.58. The molecule has 1 atom stereocenters. The van der Waals surface area contributed by atoms with Crippen molar-refractivity contribution in [1.29, 1.82) is 0 Å². The normalized spacial score (nSPS) is 15.4. The van der Waals surface area contributed by atoms with Gasteiger partial charge in [-0.2, -0.15) is 0 Å². The molecule has 0 radical (unpaired) electrons. The highest BCUT2D eigenvalue weighted by Crippen LogP contribution is 2.31. The highest BCUT2D eigenvalue weighted by atomic mass is 35.5. The van der Waals surface area contributed by atoms with Gasteiger partial charge in [0.15, 0.2) is 0 Å². The molecule has 186 valence electrons. The van der Waals surface area contributed by atoms with E-state index in [0.717, 1.165) is 42.3 Å². The molecule has 0 saturated carbocycles. The van der Waals surface area contributed by atoms with Gasteiger partial charge in [0.25, 0.3) is 5.56 Å². The molecular weight excluding hydrogens is 464 g/mol. The Morgan fingerprint density at radius 1 is 1.23 bits per heavy atom. The van der Waals surface area contributed by atoms with Crippen LogP contribution in [0, 0.1) is 6.92 Å². The summed E-state index contributed by atoms with van der Waals surface area (Å²) in [5.41, 5.74) is 2.86. The van der Waals surface area contributed by atoms with Crippen molar-refractivity contribution in [2.75, 3.05) is 48.9 Å². The summed E-state index contributed by atoms with van der Waals surface area (Å²) in [6.45, 7) is 8.48. The Labute approximate surface area is 211 Å². The molecule has 1 N–H and O–H groups in total. The number of anilines is 3. The molecule has 1 fully saturated rings. The van der Waals surface area contributed by atoms with Gasteiger partial charge in [-0.3, -0.25) is 9.36 Å². The standard InChI is InChI=1S/C26H33ClN6O2/c1-6-33-25(21-9-8-19(31(4)5)14-22(21)27)29-17(3)24(26(33)34)30-18-11-13-32(16-18)23-15-20(35-7-2)10-12-28-23/h8-10,12,14-15,18,30H,6-7,11,13,16H2,1-5H3.